The number of H-pyrrole nitrogens is 1. The standard InChI is InChI=1S/C18H14N4O3/c23-22(24)17-6-5-16(25-17)18(21-12-7-9-19-10-8-12)14-11-20-15-4-2-1-3-13(14)15/h1-11,18,20H,(H,19,21). The van der Waals surface area contributed by atoms with E-state index in [9.17, 15) is 10.1 Å². The second-order valence-corrected chi connectivity index (χ2v) is 5.54. The molecule has 3 aromatic heterocycles. The van der Waals surface area contributed by atoms with Gasteiger partial charge >= 0.3 is 5.88 Å². The molecule has 1 atom stereocenters. The predicted molar refractivity (Wildman–Crippen MR) is 93.4 cm³/mol. The van der Waals surface area contributed by atoms with Crippen LogP contribution in [0.2, 0.25) is 0 Å². The minimum atomic E-state index is -0.539. The lowest BCUT2D eigenvalue weighted by atomic mass is 10.0. The number of nitro groups is 1. The molecule has 7 heteroatoms. The van der Waals surface area contributed by atoms with Crippen molar-refractivity contribution < 1.29 is 9.34 Å². The van der Waals surface area contributed by atoms with Crippen molar-refractivity contribution in [2.75, 3.05) is 5.32 Å². The molecule has 0 saturated carbocycles. The first kappa shape index (κ1) is 14.9. The molecule has 1 unspecified atom stereocenters. The molecule has 0 aliphatic heterocycles. The molecular formula is C18H14N4O3. The van der Waals surface area contributed by atoms with Gasteiger partial charge in [0.2, 0.25) is 0 Å². The van der Waals surface area contributed by atoms with Gasteiger partial charge in [0.15, 0.2) is 0 Å². The lowest BCUT2D eigenvalue weighted by Crippen LogP contribution is -2.11. The Kier molecular flexibility index (Phi) is 3.66. The van der Waals surface area contributed by atoms with E-state index in [0.29, 0.717) is 5.76 Å². The van der Waals surface area contributed by atoms with Gasteiger partial charge in [0, 0.05) is 40.7 Å². The van der Waals surface area contributed by atoms with E-state index in [2.05, 4.69) is 15.3 Å². The molecule has 2 N–H and O–H groups in total. The van der Waals surface area contributed by atoms with Gasteiger partial charge < -0.3 is 14.7 Å². The average molecular weight is 334 g/mol. The summed E-state index contributed by atoms with van der Waals surface area (Å²) >= 11 is 0. The van der Waals surface area contributed by atoms with Crippen molar-refractivity contribution in [2.45, 2.75) is 6.04 Å². The smallest absolute Gasteiger partial charge is 0.403 e. The topological polar surface area (TPSA) is 97.0 Å². The number of nitrogens with one attached hydrogen (secondary N) is 2. The van der Waals surface area contributed by atoms with Gasteiger partial charge in [-0.1, -0.05) is 18.2 Å². The highest BCUT2D eigenvalue weighted by atomic mass is 16.6. The van der Waals surface area contributed by atoms with Gasteiger partial charge in [0.05, 0.1) is 6.07 Å². The fourth-order valence-electron chi connectivity index (χ4n) is 2.85. The molecule has 7 nitrogen and oxygen atoms in total. The number of fused-ring (bicyclic) bond motifs is 1. The summed E-state index contributed by atoms with van der Waals surface area (Å²) in [5, 5.41) is 15.4. The van der Waals surface area contributed by atoms with E-state index in [0.717, 1.165) is 22.2 Å². The summed E-state index contributed by atoms with van der Waals surface area (Å²) in [6.07, 6.45) is 5.25. The molecule has 124 valence electrons. The summed E-state index contributed by atoms with van der Waals surface area (Å²) in [5.74, 6) is 0.185. The zero-order chi connectivity index (χ0) is 17.2. The number of benzene rings is 1. The summed E-state index contributed by atoms with van der Waals surface area (Å²) in [7, 11) is 0. The molecular weight excluding hydrogens is 320 g/mol. The predicted octanol–water partition coefficient (Wildman–Crippen LogP) is 4.27. The Bertz CT molecular complexity index is 1020. The Morgan fingerprint density at radius 1 is 1.12 bits per heavy atom. The zero-order valence-electron chi connectivity index (χ0n) is 13.0. The first-order valence-electron chi connectivity index (χ1n) is 7.69. The summed E-state index contributed by atoms with van der Waals surface area (Å²) in [6, 6.07) is 14.2. The average Bonchev–Trinajstić information content (AvgIpc) is 3.28. The van der Waals surface area contributed by atoms with E-state index in [1.165, 1.54) is 6.07 Å². The molecule has 0 aliphatic carbocycles. The van der Waals surface area contributed by atoms with E-state index in [4.69, 9.17) is 4.42 Å². The molecule has 0 aliphatic rings. The maximum atomic E-state index is 11.0. The van der Waals surface area contributed by atoms with Crippen molar-refractivity contribution in [3.05, 3.63) is 88.6 Å². The number of nitrogens with zero attached hydrogens (tertiary/aromatic N) is 2. The van der Waals surface area contributed by atoms with Crippen molar-refractivity contribution in [3.63, 3.8) is 0 Å². The van der Waals surface area contributed by atoms with Gasteiger partial charge in [-0.3, -0.25) is 15.1 Å². The van der Waals surface area contributed by atoms with Gasteiger partial charge in [-0.2, -0.15) is 0 Å². The highest BCUT2D eigenvalue weighted by Gasteiger charge is 2.24. The summed E-state index contributed by atoms with van der Waals surface area (Å²) < 4.78 is 5.46. The number of hydrogen-bond donors (Lipinski definition) is 2. The van der Waals surface area contributed by atoms with Crippen LogP contribution in [0, 0.1) is 10.1 Å². The first-order valence-corrected chi connectivity index (χ1v) is 7.69. The molecule has 0 amide bonds. The Labute approximate surface area is 142 Å². The quantitative estimate of drug-likeness (QED) is 0.420. The Balaban J connectivity index is 1.81. The van der Waals surface area contributed by atoms with Crippen molar-refractivity contribution in [3.8, 4) is 0 Å². The van der Waals surface area contributed by atoms with E-state index in [-0.39, 0.29) is 11.9 Å². The van der Waals surface area contributed by atoms with E-state index < -0.39 is 4.92 Å². The van der Waals surface area contributed by atoms with Crippen molar-refractivity contribution in [2.24, 2.45) is 0 Å². The Hall–Kier alpha value is -3.61. The maximum absolute atomic E-state index is 11.0. The highest BCUT2D eigenvalue weighted by molar-refractivity contribution is 5.84. The Morgan fingerprint density at radius 2 is 1.92 bits per heavy atom. The number of anilines is 1. The number of furan rings is 1. The van der Waals surface area contributed by atoms with Gasteiger partial charge in [-0.15, -0.1) is 0 Å². The largest absolute Gasteiger partial charge is 0.433 e. The fraction of sp³-hybridized carbons (Fsp3) is 0.0556. The maximum Gasteiger partial charge on any atom is 0.433 e. The van der Waals surface area contributed by atoms with Gasteiger partial charge in [-0.05, 0) is 24.3 Å². The van der Waals surface area contributed by atoms with Crippen LogP contribution in [0.3, 0.4) is 0 Å². The third-order valence-electron chi connectivity index (χ3n) is 4.00. The minimum Gasteiger partial charge on any atom is -0.403 e. The van der Waals surface area contributed by atoms with Crippen molar-refractivity contribution in [1.29, 1.82) is 0 Å². The molecule has 4 aromatic rings. The monoisotopic (exact) mass is 334 g/mol. The number of rotatable bonds is 5. The van der Waals surface area contributed by atoms with Crippen LogP contribution in [0.25, 0.3) is 10.9 Å². The molecule has 25 heavy (non-hydrogen) atoms. The van der Waals surface area contributed by atoms with E-state index in [1.54, 1.807) is 18.5 Å². The SMILES string of the molecule is O=[N+]([O-])c1ccc(C(Nc2ccncc2)c2c[nH]c3ccccc23)o1. The van der Waals surface area contributed by atoms with Crippen LogP contribution in [-0.4, -0.2) is 14.9 Å². The number of pyridine rings is 1. The highest BCUT2D eigenvalue weighted by Crippen LogP contribution is 2.34. The van der Waals surface area contributed by atoms with Crippen LogP contribution in [0.15, 0.2) is 71.5 Å². The molecule has 1 aromatic carbocycles. The van der Waals surface area contributed by atoms with Crippen LogP contribution in [0.4, 0.5) is 11.6 Å². The third-order valence-corrected chi connectivity index (χ3v) is 4.00. The van der Waals surface area contributed by atoms with Gasteiger partial charge in [0.1, 0.15) is 16.7 Å². The molecule has 0 fully saturated rings. The van der Waals surface area contributed by atoms with Crippen LogP contribution in [0.1, 0.15) is 17.4 Å². The number of para-hydroxylation sites is 1. The normalized spacial score (nSPS) is 12.2. The first-order chi connectivity index (χ1) is 12.2. The summed E-state index contributed by atoms with van der Waals surface area (Å²) in [4.78, 5) is 17.7. The molecule has 0 spiro atoms. The zero-order valence-corrected chi connectivity index (χ0v) is 13.0. The summed E-state index contributed by atoms with van der Waals surface area (Å²) in [5.41, 5.74) is 2.76. The third kappa shape index (κ3) is 2.83. The number of hydrogen-bond acceptors (Lipinski definition) is 5. The van der Waals surface area contributed by atoms with Crippen LogP contribution < -0.4 is 5.32 Å². The van der Waals surface area contributed by atoms with Crippen LogP contribution in [0.5, 0.6) is 0 Å². The number of aromatic amines is 1. The van der Waals surface area contributed by atoms with Gasteiger partial charge in [0.25, 0.3) is 0 Å². The lowest BCUT2D eigenvalue weighted by molar-refractivity contribution is -0.402. The molecule has 0 bridgehead atoms. The van der Waals surface area contributed by atoms with Crippen LogP contribution >= 0.6 is 0 Å². The van der Waals surface area contributed by atoms with E-state index >= 15 is 0 Å². The lowest BCUT2D eigenvalue weighted by Gasteiger charge is -2.17. The number of aromatic nitrogens is 2. The van der Waals surface area contributed by atoms with Crippen LogP contribution in [-0.2, 0) is 0 Å². The summed E-state index contributed by atoms with van der Waals surface area (Å²) in [6.45, 7) is 0. The van der Waals surface area contributed by atoms with Gasteiger partial charge in [-0.25, -0.2) is 0 Å². The Morgan fingerprint density at radius 3 is 2.68 bits per heavy atom. The molecule has 0 radical (unpaired) electrons. The van der Waals surface area contributed by atoms with E-state index in [1.807, 2.05) is 42.6 Å². The second-order valence-electron chi connectivity index (χ2n) is 5.54. The second kappa shape index (κ2) is 6.12. The fourth-order valence-corrected chi connectivity index (χ4v) is 2.85. The molecule has 4 rings (SSSR count). The van der Waals surface area contributed by atoms with Crippen molar-refractivity contribution in [1.82, 2.24) is 9.97 Å². The minimum absolute atomic E-state index is 0.281. The molecule has 3 heterocycles. The van der Waals surface area contributed by atoms with Crippen molar-refractivity contribution >= 4 is 22.5 Å². The molecule has 0 saturated heterocycles.